The number of carbonyl (C=O) groups is 3. The van der Waals surface area contributed by atoms with Crippen molar-refractivity contribution in [2.24, 2.45) is 5.73 Å². The normalized spacial score (nSPS) is 11.6. The lowest BCUT2D eigenvalue weighted by molar-refractivity contribution is -0.117. The summed E-state index contributed by atoms with van der Waals surface area (Å²) < 4.78 is 39.6. The minimum atomic E-state index is -1.71. The van der Waals surface area contributed by atoms with Crippen LogP contribution in [0.5, 0.6) is 0 Å². The van der Waals surface area contributed by atoms with E-state index in [1.54, 1.807) is 25.1 Å². The van der Waals surface area contributed by atoms with Crippen molar-refractivity contribution in [1.82, 2.24) is 5.32 Å². The van der Waals surface area contributed by atoms with Gasteiger partial charge >= 0.3 is 0 Å². The third kappa shape index (κ3) is 5.26. The maximum absolute atomic E-state index is 13.6. The third-order valence-corrected chi connectivity index (χ3v) is 4.75. The molecule has 1 unspecified atom stereocenters. The summed E-state index contributed by atoms with van der Waals surface area (Å²) in [5.41, 5.74) is 4.88. The lowest BCUT2D eigenvalue weighted by atomic mass is 10.2. The van der Waals surface area contributed by atoms with Crippen molar-refractivity contribution in [3.63, 3.8) is 0 Å². The van der Waals surface area contributed by atoms with Crippen LogP contribution in [0.1, 0.15) is 17.3 Å². The van der Waals surface area contributed by atoms with E-state index in [4.69, 9.17) is 5.73 Å². The van der Waals surface area contributed by atoms with Gasteiger partial charge in [-0.05, 0) is 31.2 Å². The minimum Gasteiger partial charge on any atom is -0.369 e. The number of amides is 3. The molecule has 6 nitrogen and oxygen atoms in total. The van der Waals surface area contributed by atoms with E-state index in [0.29, 0.717) is 11.0 Å². The predicted octanol–water partition coefficient (Wildman–Crippen LogP) is 2.44. The Morgan fingerprint density at radius 2 is 1.75 bits per heavy atom. The molecule has 2 rings (SSSR count). The van der Waals surface area contributed by atoms with Crippen molar-refractivity contribution in [2.75, 3.05) is 11.9 Å². The summed E-state index contributed by atoms with van der Waals surface area (Å²) in [5, 5.41) is 3.81. The molecular formula is C18H16F3N3O3S. The fraction of sp³-hybridized carbons (Fsp3) is 0.167. The van der Waals surface area contributed by atoms with Crippen molar-refractivity contribution in [3.8, 4) is 0 Å². The zero-order valence-electron chi connectivity index (χ0n) is 14.6. The summed E-state index contributed by atoms with van der Waals surface area (Å²) in [6, 6.07) is 7.93. The van der Waals surface area contributed by atoms with Gasteiger partial charge in [-0.1, -0.05) is 12.1 Å². The average molecular weight is 411 g/mol. The average Bonchev–Trinajstić information content (AvgIpc) is 2.67. The zero-order chi connectivity index (χ0) is 20.8. The van der Waals surface area contributed by atoms with E-state index in [1.807, 2.05) is 5.32 Å². The largest absolute Gasteiger partial charge is 0.369 e. The van der Waals surface area contributed by atoms with Crippen molar-refractivity contribution < 1.29 is 27.6 Å². The van der Waals surface area contributed by atoms with Crippen molar-refractivity contribution in [2.45, 2.75) is 17.1 Å². The Morgan fingerprint density at radius 3 is 2.43 bits per heavy atom. The highest BCUT2D eigenvalue weighted by Crippen LogP contribution is 2.26. The summed E-state index contributed by atoms with van der Waals surface area (Å²) in [6.07, 6.45) is 0. The molecule has 1 atom stereocenters. The van der Waals surface area contributed by atoms with Gasteiger partial charge < -0.3 is 16.4 Å². The molecule has 3 amide bonds. The van der Waals surface area contributed by atoms with Crippen LogP contribution in [0.15, 0.2) is 41.3 Å². The Morgan fingerprint density at radius 1 is 1.07 bits per heavy atom. The Balaban J connectivity index is 2.02. The number of primary amides is 1. The smallest absolute Gasteiger partial charge is 0.252 e. The number of anilines is 1. The fourth-order valence-corrected chi connectivity index (χ4v) is 3.02. The number of benzene rings is 2. The number of nitrogens with one attached hydrogen (secondary N) is 2. The van der Waals surface area contributed by atoms with Crippen LogP contribution in [-0.2, 0) is 9.59 Å². The second kappa shape index (κ2) is 9.27. The first-order valence-corrected chi connectivity index (χ1v) is 8.85. The number of nitrogens with two attached hydrogens (primary N) is 1. The SMILES string of the molecule is CC(Sc1ccccc1C(=O)NCC(=O)Nc1ccc(F)c(F)c1F)C(N)=O. The molecule has 0 saturated carbocycles. The van der Waals surface area contributed by atoms with Gasteiger partial charge in [-0.25, -0.2) is 13.2 Å². The number of rotatable bonds is 7. The first-order valence-electron chi connectivity index (χ1n) is 7.97. The standard InChI is InChI=1S/C18H16F3N3O3S/c1-9(17(22)26)28-13-5-3-2-4-10(13)18(27)23-8-14(25)24-12-7-6-11(19)15(20)16(12)21/h2-7,9H,8H2,1H3,(H2,22,26)(H,23,27)(H,24,25). The van der Waals surface area contributed by atoms with Gasteiger partial charge in [0.05, 0.1) is 23.0 Å². The molecule has 4 N–H and O–H groups in total. The highest BCUT2D eigenvalue weighted by atomic mass is 32.2. The van der Waals surface area contributed by atoms with Gasteiger partial charge in [0.2, 0.25) is 11.8 Å². The Kier molecular flexibility index (Phi) is 7.05. The van der Waals surface area contributed by atoms with Crippen molar-refractivity contribution in [3.05, 3.63) is 59.4 Å². The lowest BCUT2D eigenvalue weighted by Gasteiger charge is -2.12. The van der Waals surface area contributed by atoms with Gasteiger partial charge in [-0.3, -0.25) is 14.4 Å². The number of halogens is 3. The molecular weight excluding hydrogens is 395 g/mol. The molecule has 148 valence electrons. The summed E-state index contributed by atoms with van der Waals surface area (Å²) in [5.74, 6) is -6.64. The monoisotopic (exact) mass is 411 g/mol. The van der Waals surface area contributed by atoms with Crippen LogP contribution in [0.4, 0.5) is 18.9 Å². The van der Waals surface area contributed by atoms with Crippen LogP contribution < -0.4 is 16.4 Å². The number of thioether (sulfide) groups is 1. The van der Waals surface area contributed by atoms with Crippen LogP contribution in [0.25, 0.3) is 0 Å². The van der Waals surface area contributed by atoms with E-state index < -0.39 is 52.7 Å². The predicted molar refractivity (Wildman–Crippen MR) is 98.2 cm³/mol. The maximum atomic E-state index is 13.6. The first kappa shape index (κ1) is 21.3. The summed E-state index contributed by atoms with van der Waals surface area (Å²) in [7, 11) is 0. The quantitative estimate of drug-likeness (QED) is 0.481. The molecule has 0 aromatic heterocycles. The summed E-state index contributed by atoms with van der Waals surface area (Å²) >= 11 is 1.09. The van der Waals surface area contributed by atoms with E-state index in [0.717, 1.165) is 17.8 Å². The lowest BCUT2D eigenvalue weighted by Crippen LogP contribution is -2.33. The molecule has 0 spiro atoms. The second-order valence-electron chi connectivity index (χ2n) is 5.61. The van der Waals surface area contributed by atoms with E-state index in [-0.39, 0.29) is 5.56 Å². The minimum absolute atomic E-state index is 0.215. The number of hydrogen-bond acceptors (Lipinski definition) is 4. The molecule has 2 aromatic rings. The van der Waals surface area contributed by atoms with Gasteiger partial charge in [0, 0.05) is 4.90 Å². The molecule has 0 aliphatic rings. The highest BCUT2D eigenvalue weighted by Gasteiger charge is 2.18. The third-order valence-electron chi connectivity index (χ3n) is 3.55. The molecule has 0 radical (unpaired) electrons. The first-order chi connectivity index (χ1) is 13.2. The topological polar surface area (TPSA) is 101 Å². The number of hydrogen-bond donors (Lipinski definition) is 3. The molecule has 0 fully saturated rings. The molecule has 0 heterocycles. The summed E-state index contributed by atoms with van der Waals surface area (Å²) in [6.45, 7) is 1.05. The molecule has 2 aromatic carbocycles. The van der Waals surface area contributed by atoms with Crippen LogP contribution in [0.3, 0.4) is 0 Å². The van der Waals surface area contributed by atoms with Crippen LogP contribution in [0, 0.1) is 17.5 Å². The van der Waals surface area contributed by atoms with Crippen LogP contribution in [-0.4, -0.2) is 29.5 Å². The van der Waals surface area contributed by atoms with Gasteiger partial charge in [0.25, 0.3) is 5.91 Å². The van der Waals surface area contributed by atoms with Crippen molar-refractivity contribution in [1.29, 1.82) is 0 Å². The van der Waals surface area contributed by atoms with Gasteiger partial charge in [-0.15, -0.1) is 11.8 Å². The van der Waals surface area contributed by atoms with E-state index in [1.165, 1.54) is 6.07 Å². The van der Waals surface area contributed by atoms with E-state index >= 15 is 0 Å². The van der Waals surface area contributed by atoms with Gasteiger partial charge in [-0.2, -0.15) is 0 Å². The van der Waals surface area contributed by atoms with Crippen molar-refractivity contribution >= 4 is 35.2 Å². The van der Waals surface area contributed by atoms with E-state index in [9.17, 15) is 27.6 Å². The Bertz CT molecular complexity index is 924. The molecule has 0 saturated heterocycles. The Hall–Kier alpha value is -3.01. The van der Waals surface area contributed by atoms with Crippen LogP contribution in [0.2, 0.25) is 0 Å². The molecule has 28 heavy (non-hydrogen) atoms. The zero-order valence-corrected chi connectivity index (χ0v) is 15.4. The van der Waals surface area contributed by atoms with E-state index in [2.05, 4.69) is 5.32 Å². The fourth-order valence-electron chi connectivity index (χ4n) is 2.08. The Labute approximate surface area is 162 Å². The molecule has 0 aliphatic carbocycles. The van der Waals surface area contributed by atoms with Gasteiger partial charge in [0.15, 0.2) is 17.5 Å². The van der Waals surface area contributed by atoms with Gasteiger partial charge in [0.1, 0.15) is 0 Å². The highest BCUT2D eigenvalue weighted by molar-refractivity contribution is 8.00. The molecule has 0 aliphatic heterocycles. The second-order valence-corrected chi connectivity index (χ2v) is 7.00. The molecule has 0 bridgehead atoms. The maximum Gasteiger partial charge on any atom is 0.252 e. The summed E-state index contributed by atoms with van der Waals surface area (Å²) in [4.78, 5) is 35.9. The van der Waals surface area contributed by atoms with Crippen LogP contribution >= 0.6 is 11.8 Å². The molecule has 10 heteroatoms. The number of carbonyl (C=O) groups excluding carboxylic acids is 3.